The summed E-state index contributed by atoms with van der Waals surface area (Å²) in [5.74, 6) is 0. The quantitative estimate of drug-likeness (QED) is 0.731. The van der Waals surface area contributed by atoms with Crippen LogP contribution in [-0.2, 0) is 0 Å². The summed E-state index contributed by atoms with van der Waals surface area (Å²) in [6.45, 7) is 0. The van der Waals surface area contributed by atoms with Crippen molar-refractivity contribution in [3.05, 3.63) is 24.0 Å². The van der Waals surface area contributed by atoms with E-state index in [1.807, 2.05) is 12.3 Å². The number of anilines is 1. The summed E-state index contributed by atoms with van der Waals surface area (Å²) in [5, 5.41) is 8.73. The van der Waals surface area contributed by atoms with Gasteiger partial charge < -0.3 is 4.90 Å². The molecule has 0 atom stereocenters. The standard InChI is InChI=1S/C14H19N3/c1-17(13-6-4-2-3-5-7-13)14-9-8-12(10-15)16-11-14/h8-9,11,13H,2-7H2,1H3. The van der Waals surface area contributed by atoms with Crippen molar-refractivity contribution in [2.75, 3.05) is 11.9 Å². The van der Waals surface area contributed by atoms with Gasteiger partial charge >= 0.3 is 0 Å². The van der Waals surface area contributed by atoms with Crippen LogP contribution in [0, 0.1) is 11.3 Å². The molecule has 3 nitrogen and oxygen atoms in total. The van der Waals surface area contributed by atoms with E-state index in [-0.39, 0.29) is 0 Å². The van der Waals surface area contributed by atoms with Crippen molar-refractivity contribution >= 4 is 5.69 Å². The van der Waals surface area contributed by atoms with Gasteiger partial charge in [-0.15, -0.1) is 0 Å². The Morgan fingerprint density at radius 2 is 1.94 bits per heavy atom. The zero-order chi connectivity index (χ0) is 12.1. The predicted molar refractivity (Wildman–Crippen MR) is 68.8 cm³/mol. The lowest BCUT2D eigenvalue weighted by Gasteiger charge is -2.28. The van der Waals surface area contributed by atoms with Crippen molar-refractivity contribution in [1.82, 2.24) is 4.98 Å². The first-order valence-electron chi connectivity index (χ1n) is 6.40. The molecule has 0 bridgehead atoms. The third-order valence-corrected chi connectivity index (χ3v) is 3.64. The number of nitrogens with zero attached hydrogens (tertiary/aromatic N) is 3. The fraction of sp³-hybridized carbons (Fsp3) is 0.571. The molecule has 1 saturated carbocycles. The van der Waals surface area contributed by atoms with Crippen LogP contribution in [0.3, 0.4) is 0 Å². The van der Waals surface area contributed by atoms with Crippen LogP contribution in [0.2, 0.25) is 0 Å². The third-order valence-electron chi connectivity index (χ3n) is 3.64. The van der Waals surface area contributed by atoms with E-state index in [0.717, 1.165) is 5.69 Å². The van der Waals surface area contributed by atoms with Crippen LogP contribution in [0.4, 0.5) is 5.69 Å². The summed E-state index contributed by atoms with van der Waals surface area (Å²) >= 11 is 0. The van der Waals surface area contributed by atoms with Gasteiger partial charge in [0.1, 0.15) is 11.8 Å². The summed E-state index contributed by atoms with van der Waals surface area (Å²) in [4.78, 5) is 6.45. The molecule has 1 heterocycles. The van der Waals surface area contributed by atoms with Gasteiger partial charge in [-0.2, -0.15) is 5.26 Å². The Bertz CT molecular complexity index is 383. The fourth-order valence-electron chi connectivity index (χ4n) is 2.52. The molecule has 0 aliphatic heterocycles. The second kappa shape index (κ2) is 5.67. The summed E-state index contributed by atoms with van der Waals surface area (Å²) in [6, 6.07) is 6.48. The van der Waals surface area contributed by atoms with Crippen LogP contribution in [-0.4, -0.2) is 18.1 Å². The Kier molecular flexibility index (Phi) is 3.98. The maximum absolute atomic E-state index is 8.73. The highest BCUT2D eigenvalue weighted by molar-refractivity contribution is 5.46. The average molecular weight is 229 g/mol. The molecule has 1 aromatic heterocycles. The molecule has 90 valence electrons. The molecule has 0 aromatic carbocycles. The zero-order valence-corrected chi connectivity index (χ0v) is 10.4. The number of pyridine rings is 1. The van der Waals surface area contributed by atoms with Gasteiger partial charge in [0, 0.05) is 13.1 Å². The van der Waals surface area contributed by atoms with Gasteiger partial charge in [-0.1, -0.05) is 25.7 Å². The molecule has 0 radical (unpaired) electrons. The van der Waals surface area contributed by atoms with Gasteiger partial charge in [0.2, 0.25) is 0 Å². The Labute approximate surface area is 103 Å². The molecule has 1 aromatic rings. The fourth-order valence-corrected chi connectivity index (χ4v) is 2.52. The normalized spacial score (nSPS) is 17.2. The van der Waals surface area contributed by atoms with Crippen molar-refractivity contribution in [1.29, 1.82) is 5.26 Å². The van der Waals surface area contributed by atoms with Gasteiger partial charge in [-0.25, -0.2) is 4.98 Å². The second-order valence-corrected chi connectivity index (χ2v) is 4.77. The Balaban J connectivity index is 2.06. The van der Waals surface area contributed by atoms with Crippen LogP contribution in [0.5, 0.6) is 0 Å². The largest absolute Gasteiger partial charge is 0.370 e. The minimum atomic E-state index is 0.489. The Hall–Kier alpha value is -1.56. The molecular formula is C14H19N3. The smallest absolute Gasteiger partial charge is 0.140 e. The third kappa shape index (κ3) is 2.97. The monoisotopic (exact) mass is 229 g/mol. The molecule has 1 aliphatic rings. The molecule has 0 unspecified atom stereocenters. The van der Waals surface area contributed by atoms with Gasteiger partial charge in [-0.3, -0.25) is 0 Å². The zero-order valence-electron chi connectivity index (χ0n) is 10.4. The van der Waals surface area contributed by atoms with Crippen molar-refractivity contribution in [2.45, 2.75) is 44.6 Å². The molecular weight excluding hydrogens is 210 g/mol. The molecule has 0 spiro atoms. The van der Waals surface area contributed by atoms with Gasteiger partial charge in [-0.05, 0) is 25.0 Å². The summed E-state index contributed by atoms with van der Waals surface area (Å²) in [5.41, 5.74) is 1.61. The molecule has 3 heteroatoms. The SMILES string of the molecule is CN(c1ccc(C#N)nc1)C1CCCCCC1. The first kappa shape index (κ1) is 11.9. The predicted octanol–water partition coefficient (Wildman–Crippen LogP) is 3.11. The number of aromatic nitrogens is 1. The molecule has 2 rings (SSSR count). The topological polar surface area (TPSA) is 39.9 Å². The van der Waals surface area contributed by atoms with Gasteiger partial charge in [0.15, 0.2) is 0 Å². The van der Waals surface area contributed by atoms with E-state index in [0.29, 0.717) is 11.7 Å². The second-order valence-electron chi connectivity index (χ2n) is 4.77. The molecule has 1 aliphatic carbocycles. The Morgan fingerprint density at radius 1 is 1.24 bits per heavy atom. The van der Waals surface area contributed by atoms with E-state index in [2.05, 4.69) is 23.0 Å². The van der Waals surface area contributed by atoms with Crippen LogP contribution in [0.1, 0.15) is 44.2 Å². The lowest BCUT2D eigenvalue weighted by atomic mass is 10.1. The van der Waals surface area contributed by atoms with Crippen molar-refractivity contribution in [3.8, 4) is 6.07 Å². The number of nitriles is 1. The van der Waals surface area contributed by atoms with E-state index in [4.69, 9.17) is 5.26 Å². The molecule has 0 amide bonds. The van der Waals surface area contributed by atoms with E-state index in [1.54, 1.807) is 6.07 Å². The van der Waals surface area contributed by atoms with Gasteiger partial charge in [0.25, 0.3) is 0 Å². The minimum Gasteiger partial charge on any atom is -0.370 e. The maximum atomic E-state index is 8.73. The molecule has 0 N–H and O–H groups in total. The summed E-state index contributed by atoms with van der Waals surface area (Å²) < 4.78 is 0. The van der Waals surface area contributed by atoms with Crippen LogP contribution < -0.4 is 4.90 Å². The average Bonchev–Trinajstić information content (AvgIpc) is 2.67. The van der Waals surface area contributed by atoms with Crippen LogP contribution in [0.25, 0.3) is 0 Å². The van der Waals surface area contributed by atoms with Crippen molar-refractivity contribution in [3.63, 3.8) is 0 Å². The molecule has 17 heavy (non-hydrogen) atoms. The summed E-state index contributed by atoms with van der Waals surface area (Å²) in [6.07, 6.45) is 9.76. The van der Waals surface area contributed by atoms with Crippen molar-refractivity contribution < 1.29 is 0 Å². The van der Waals surface area contributed by atoms with Crippen LogP contribution >= 0.6 is 0 Å². The van der Waals surface area contributed by atoms with E-state index in [9.17, 15) is 0 Å². The Morgan fingerprint density at radius 3 is 2.47 bits per heavy atom. The van der Waals surface area contributed by atoms with E-state index >= 15 is 0 Å². The highest BCUT2D eigenvalue weighted by Gasteiger charge is 2.17. The number of hydrogen-bond acceptors (Lipinski definition) is 3. The lowest BCUT2D eigenvalue weighted by Crippen LogP contribution is -2.31. The van der Waals surface area contributed by atoms with Crippen molar-refractivity contribution in [2.24, 2.45) is 0 Å². The van der Waals surface area contributed by atoms with E-state index in [1.165, 1.54) is 38.5 Å². The first-order valence-corrected chi connectivity index (χ1v) is 6.40. The lowest BCUT2D eigenvalue weighted by molar-refractivity contribution is 0.552. The minimum absolute atomic E-state index is 0.489. The first-order chi connectivity index (χ1) is 8.31. The van der Waals surface area contributed by atoms with Crippen LogP contribution in [0.15, 0.2) is 18.3 Å². The number of rotatable bonds is 2. The highest BCUT2D eigenvalue weighted by Crippen LogP contribution is 2.24. The number of hydrogen-bond donors (Lipinski definition) is 0. The summed E-state index contributed by atoms with van der Waals surface area (Å²) in [7, 11) is 2.14. The maximum Gasteiger partial charge on any atom is 0.140 e. The highest BCUT2D eigenvalue weighted by atomic mass is 15.1. The molecule has 0 saturated heterocycles. The van der Waals surface area contributed by atoms with E-state index < -0.39 is 0 Å². The van der Waals surface area contributed by atoms with Gasteiger partial charge in [0.05, 0.1) is 11.9 Å². The molecule has 1 fully saturated rings.